The van der Waals surface area contributed by atoms with Crippen LogP contribution in [0, 0.1) is 5.82 Å². The molecule has 0 spiro atoms. The minimum Gasteiger partial charge on any atom is -0.445 e. The van der Waals surface area contributed by atoms with Crippen molar-refractivity contribution >= 4 is 6.09 Å². The molecule has 0 saturated carbocycles. The van der Waals surface area contributed by atoms with E-state index in [0.29, 0.717) is 25.2 Å². The highest BCUT2D eigenvalue weighted by Crippen LogP contribution is 2.25. The highest BCUT2D eigenvalue weighted by Gasteiger charge is 2.29. The van der Waals surface area contributed by atoms with Gasteiger partial charge in [-0.05, 0) is 24.6 Å². The SMILES string of the molecule is O=C(OC1CCNC1)N1Cc2cccc(F)c2C1. The second-order valence-electron chi connectivity index (χ2n) is 4.73. The van der Waals surface area contributed by atoms with Gasteiger partial charge in [-0.1, -0.05) is 12.1 Å². The third-order valence-electron chi connectivity index (χ3n) is 3.47. The second kappa shape index (κ2) is 4.57. The van der Waals surface area contributed by atoms with Gasteiger partial charge in [0.1, 0.15) is 11.9 Å². The molecule has 3 rings (SSSR count). The lowest BCUT2D eigenvalue weighted by molar-refractivity contribution is 0.0694. The monoisotopic (exact) mass is 250 g/mol. The number of rotatable bonds is 1. The maximum atomic E-state index is 13.5. The minimum absolute atomic E-state index is 0.0499. The lowest BCUT2D eigenvalue weighted by Crippen LogP contribution is -2.31. The highest BCUT2D eigenvalue weighted by molar-refractivity contribution is 5.69. The number of halogens is 1. The Morgan fingerprint density at radius 1 is 1.44 bits per heavy atom. The highest BCUT2D eigenvalue weighted by atomic mass is 19.1. The summed E-state index contributed by atoms with van der Waals surface area (Å²) >= 11 is 0. The van der Waals surface area contributed by atoms with Gasteiger partial charge in [-0.25, -0.2) is 9.18 Å². The molecule has 1 aromatic rings. The summed E-state index contributed by atoms with van der Waals surface area (Å²) in [5.74, 6) is -0.245. The smallest absolute Gasteiger partial charge is 0.410 e. The van der Waals surface area contributed by atoms with Crippen LogP contribution in [0.2, 0.25) is 0 Å². The van der Waals surface area contributed by atoms with E-state index in [0.717, 1.165) is 18.5 Å². The van der Waals surface area contributed by atoms with Crippen LogP contribution in [-0.4, -0.2) is 30.2 Å². The van der Waals surface area contributed by atoms with Crippen molar-refractivity contribution in [2.24, 2.45) is 0 Å². The quantitative estimate of drug-likeness (QED) is 0.823. The first-order valence-corrected chi connectivity index (χ1v) is 6.16. The number of benzene rings is 1. The van der Waals surface area contributed by atoms with E-state index < -0.39 is 0 Å². The molecule has 1 unspecified atom stereocenters. The van der Waals surface area contributed by atoms with Crippen LogP contribution in [0.25, 0.3) is 0 Å². The third kappa shape index (κ3) is 2.06. The molecule has 2 aliphatic heterocycles. The molecule has 4 nitrogen and oxygen atoms in total. The number of fused-ring (bicyclic) bond motifs is 1. The Labute approximate surface area is 105 Å². The molecular formula is C13H15FN2O2. The van der Waals surface area contributed by atoms with Gasteiger partial charge in [-0.15, -0.1) is 0 Å². The van der Waals surface area contributed by atoms with Crippen LogP contribution >= 0.6 is 0 Å². The van der Waals surface area contributed by atoms with E-state index >= 15 is 0 Å². The summed E-state index contributed by atoms with van der Waals surface area (Å²) < 4.78 is 18.9. The molecule has 0 aliphatic carbocycles. The van der Waals surface area contributed by atoms with Gasteiger partial charge in [-0.2, -0.15) is 0 Å². The maximum absolute atomic E-state index is 13.5. The van der Waals surface area contributed by atoms with E-state index in [1.54, 1.807) is 11.0 Å². The Balaban J connectivity index is 1.66. The fraction of sp³-hybridized carbons (Fsp3) is 0.462. The zero-order valence-corrected chi connectivity index (χ0v) is 9.99. The van der Waals surface area contributed by atoms with Gasteiger partial charge in [-0.3, -0.25) is 4.90 Å². The van der Waals surface area contributed by atoms with Crippen molar-refractivity contribution in [2.75, 3.05) is 13.1 Å². The van der Waals surface area contributed by atoms with Crippen molar-refractivity contribution < 1.29 is 13.9 Å². The molecular weight excluding hydrogens is 235 g/mol. The van der Waals surface area contributed by atoms with Crippen molar-refractivity contribution in [1.82, 2.24) is 10.2 Å². The van der Waals surface area contributed by atoms with Gasteiger partial charge in [0, 0.05) is 18.7 Å². The molecule has 18 heavy (non-hydrogen) atoms. The molecule has 1 saturated heterocycles. The van der Waals surface area contributed by atoms with Gasteiger partial charge in [0.15, 0.2) is 0 Å². The normalized spacial score (nSPS) is 22.1. The van der Waals surface area contributed by atoms with E-state index in [1.165, 1.54) is 6.07 Å². The number of carbonyl (C=O) groups is 1. The predicted octanol–water partition coefficient (Wildman–Crippen LogP) is 1.64. The summed E-state index contributed by atoms with van der Waals surface area (Å²) in [4.78, 5) is 13.5. The van der Waals surface area contributed by atoms with Crippen molar-refractivity contribution in [3.63, 3.8) is 0 Å². The van der Waals surface area contributed by atoms with Crippen LogP contribution in [0.5, 0.6) is 0 Å². The summed E-state index contributed by atoms with van der Waals surface area (Å²) in [7, 11) is 0. The van der Waals surface area contributed by atoms with E-state index in [2.05, 4.69) is 5.32 Å². The van der Waals surface area contributed by atoms with Gasteiger partial charge < -0.3 is 10.1 Å². The van der Waals surface area contributed by atoms with Gasteiger partial charge >= 0.3 is 6.09 Å². The van der Waals surface area contributed by atoms with E-state index in [9.17, 15) is 9.18 Å². The molecule has 1 N–H and O–H groups in total. The van der Waals surface area contributed by atoms with Gasteiger partial charge in [0.25, 0.3) is 0 Å². The largest absolute Gasteiger partial charge is 0.445 e. The Morgan fingerprint density at radius 3 is 3.06 bits per heavy atom. The van der Waals surface area contributed by atoms with Crippen molar-refractivity contribution in [1.29, 1.82) is 0 Å². The second-order valence-corrected chi connectivity index (χ2v) is 4.73. The molecule has 96 valence electrons. The zero-order chi connectivity index (χ0) is 12.5. The molecule has 0 radical (unpaired) electrons. The van der Waals surface area contributed by atoms with Gasteiger partial charge in [0.05, 0.1) is 6.54 Å². The Kier molecular flexibility index (Phi) is 2.91. The van der Waals surface area contributed by atoms with Crippen LogP contribution in [-0.2, 0) is 17.8 Å². The average Bonchev–Trinajstić information content (AvgIpc) is 2.97. The van der Waals surface area contributed by atoms with E-state index in [1.807, 2.05) is 6.07 Å². The average molecular weight is 250 g/mol. The summed E-state index contributed by atoms with van der Waals surface area (Å²) in [6.45, 7) is 2.33. The van der Waals surface area contributed by atoms with Crippen molar-refractivity contribution in [2.45, 2.75) is 25.6 Å². The topological polar surface area (TPSA) is 41.6 Å². The molecule has 0 bridgehead atoms. The first-order valence-electron chi connectivity index (χ1n) is 6.16. The number of carbonyl (C=O) groups excluding carboxylic acids is 1. The zero-order valence-electron chi connectivity index (χ0n) is 9.99. The lowest BCUT2D eigenvalue weighted by Gasteiger charge is -2.18. The van der Waals surface area contributed by atoms with Gasteiger partial charge in [0.2, 0.25) is 0 Å². The maximum Gasteiger partial charge on any atom is 0.410 e. The van der Waals surface area contributed by atoms with Crippen molar-refractivity contribution in [3.8, 4) is 0 Å². The molecule has 2 heterocycles. The standard InChI is InChI=1S/C13H15FN2O2/c14-12-3-1-2-9-7-16(8-11(9)12)13(17)18-10-4-5-15-6-10/h1-3,10,15H,4-8H2. The van der Waals surface area contributed by atoms with E-state index in [4.69, 9.17) is 4.74 Å². The summed E-state index contributed by atoms with van der Waals surface area (Å²) in [6.07, 6.45) is 0.450. The Bertz CT molecular complexity index is 472. The van der Waals surface area contributed by atoms with Crippen molar-refractivity contribution in [3.05, 3.63) is 35.1 Å². The first-order chi connectivity index (χ1) is 8.74. The molecule has 1 aromatic carbocycles. The van der Waals surface area contributed by atoms with Crippen LogP contribution in [0.1, 0.15) is 17.5 Å². The number of amides is 1. The minimum atomic E-state index is -0.348. The molecule has 1 amide bonds. The number of nitrogens with one attached hydrogen (secondary N) is 1. The number of ether oxygens (including phenoxy) is 1. The first kappa shape index (κ1) is 11.5. The molecule has 2 aliphatic rings. The summed E-state index contributed by atoms with van der Waals surface area (Å²) in [5, 5.41) is 3.14. The molecule has 5 heteroatoms. The Hall–Kier alpha value is -1.62. The van der Waals surface area contributed by atoms with Crippen LogP contribution in [0.3, 0.4) is 0 Å². The number of hydrogen-bond donors (Lipinski definition) is 1. The summed E-state index contributed by atoms with van der Waals surface area (Å²) in [6, 6.07) is 4.95. The number of nitrogens with zero attached hydrogens (tertiary/aromatic N) is 1. The molecule has 0 aromatic heterocycles. The van der Waals surface area contributed by atoms with Crippen LogP contribution < -0.4 is 5.32 Å². The molecule has 1 fully saturated rings. The van der Waals surface area contributed by atoms with E-state index in [-0.39, 0.29) is 18.0 Å². The lowest BCUT2D eigenvalue weighted by atomic mass is 10.1. The fourth-order valence-corrected chi connectivity index (χ4v) is 2.46. The summed E-state index contributed by atoms with van der Waals surface area (Å²) in [5.41, 5.74) is 1.48. The predicted molar refractivity (Wildman–Crippen MR) is 63.4 cm³/mol. The van der Waals surface area contributed by atoms with Crippen LogP contribution in [0.4, 0.5) is 9.18 Å². The molecule has 1 atom stereocenters. The fourth-order valence-electron chi connectivity index (χ4n) is 2.46. The third-order valence-corrected chi connectivity index (χ3v) is 3.47. The number of hydrogen-bond acceptors (Lipinski definition) is 3. The van der Waals surface area contributed by atoms with Crippen LogP contribution in [0.15, 0.2) is 18.2 Å². The Morgan fingerprint density at radius 2 is 2.33 bits per heavy atom.